The molecule has 1 heterocycles. The zero-order chi connectivity index (χ0) is 12.5. The van der Waals surface area contributed by atoms with E-state index in [1.807, 2.05) is 32.0 Å². The van der Waals surface area contributed by atoms with E-state index in [2.05, 4.69) is 10.6 Å². The average molecular weight is 234 g/mol. The molecule has 1 aromatic rings. The van der Waals surface area contributed by atoms with Gasteiger partial charge in [0.05, 0.1) is 5.56 Å². The molecule has 0 saturated heterocycles. The summed E-state index contributed by atoms with van der Waals surface area (Å²) in [6.45, 7) is 4.03. The zero-order valence-corrected chi connectivity index (χ0v) is 10.2. The number of benzene rings is 1. The molecule has 0 aliphatic carbocycles. The molecule has 0 bridgehead atoms. The second-order valence-corrected chi connectivity index (χ2v) is 4.79. The van der Waals surface area contributed by atoms with Gasteiger partial charge in [0.1, 0.15) is 5.66 Å². The minimum atomic E-state index is -0.470. The molecule has 17 heavy (non-hydrogen) atoms. The summed E-state index contributed by atoms with van der Waals surface area (Å²) in [7, 11) is 0. The summed E-state index contributed by atoms with van der Waals surface area (Å²) in [6.07, 6.45) is 1.35. The van der Waals surface area contributed by atoms with Gasteiger partial charge in [-0.05, 0) is 38.8 Å². The number of anilines is 1. The van der Waals surface area contributed by atoms with Crippen molar-refractivity contribution in [1.29, 1.82) is 0 Å². The molecule has 0 saturated carbocycles. The van der Waals surface area contributed by atoms with Crippen LogP contribution in [0.4, 0.5) is 5.69 Å². The van der Waals surface area contributed by atoms with Gasteiger partial charge >= 0.3 is 0 Å². The van der Waals surface area contributed by atoms with Crippen molar-refractivity contribution in [2.24, 2.45) is 0 Å². The maximum Gasteiger partial charge on any atom is 0.255 e. The Balaban J connectivity index is 2.27. The third-order valence-corrected chi connectivity index (χ3v) is 3.05. The number of hydrogen-bond donors (Lipinski definition) is 3. The highest BCUT2D eigenvalue weighted by Gasteiger charge is 2.32. The Morgan fingerprint density at radius 2 is 2.12 bits per heavy atom. The second-order valence-electron chi connectivity index (χ2n) is 4.79. The van der Waals surface area contributed by atoms with Crippen LogP contribution < -0.4 is 10.6 Å². The minimum Gasteiger partial charge on any atom is -0.396 e. The normalized spacial score (nSPS) is 22.6. The Labute approximate surface area is 101 Å². The highest BCUT2D eigenvalue weighted by Crippen LogP contribution is 2.27. The van der Waals surface area contributed by atoms with Gasteiger partial charge in [0.2, 0.25) is 0 Å². The number of rotatable bonds is 3. The molecule has 0 fully saturated rings. The molecule has 1 aliphatic rings. The van der Waals surface area contributed by atoms with Gasteiger partial charge in [-0.3, -0.25) is 4.79 Å². The topological polar surface area (TPSA) is 61.4 Å². The first-order chi connectivity index (χ1) is 8.04. The van der Waals surface area contributed by atoms with E-state index in [1.54, 1.807) is 0 Å². The number of aryl methyl sites for hydroxylation is 1. The second kappa shape index (κ2) is 4.37. The highest BCUT2D eigenvalue weighted by atomic mass is 16.3. The number of hydrogen-bond acceptors (Lipinski definition) is 3. The standard InChI is InChI=1S/C13H18N2O2/c1-9-4-5-11-10(8-9)12(17)15-13(2,14-11)6-3-7-16/h4-5,8,14,16H,3,6-7H2,1-2H3,(H,15,17). The first kappa shape index (κ1) is 11.9. The predicted molar refractivity (Wildman–Crippen MR) is 67.0 cm³/mol. The van der Waals surface area contributed by atoms with Crippen LogP contribution in [-0.2, 0) is 0 Å². The highest BCUT2D eigenvalue weighted by molar-refractivity contribution is 6.02. The summed E-state index contributed by atoms with van der Waals surface area (Å²) in [5, 5.41) is 15.1. The summed E-state index contributed by atoms with van der Waals surface area (Å²) in [5.41, 5.74) is 2.15. The molecular formula is C13H18N2O2. The van der Waals surface area contributed by atoms with E-state index < -0.39 is 5.66 Å². The number of fused-ring (bicyclic) bond motifs is 1. The van der Waals surface area contributed by atoms with E-state index in [0.717, 1.165) is 11.3 Å². The molecule has 92 valence electrons. The molecule has 0 radical (unpaired) electrons. The van der Waals surface area contributed by atoms with E-state index >= 15 is 0 Å². The van der Waals surface area contributed by atoms with Crippen LogP contribution in [0, 0.1) is 6.92 Å². The molecule has 1 atom stereocenters. The van der Waals surface area contributed by atoms with E-state index in [1.165, 1.54) is 0 Å². The fourth-order valence-corrected chi connectivity index (χ4v) is 2.16. The van der Waals surface area contributed by atoms with Crippen molar-refractivity contribution in [2.45, 2.75) is 32.4 Å². The molecule has 1 aromatic carbocycles. The number of nitrogens with one attached hydrogen (secondary N) is 2. The Hall–Kier alpha value is -1.55. The van der Waals surface area contributed by atoms with Gasteiger partial charge in [-0.2, -0.15) is 0 Å². The maximum absolute atomic E-state index is 12.0. The van der Waals surface area contributed by atoms with Gasteiger partial charge in [0.15, 0.2) is 0 Å². The third-order valence-electron chi connectivity index (χ3n) is 3.05. The van der Waals surface area contributed by atoms with E-state index in [4.69, 9.17) is 5.11 Å². The van der Waals surface area contributed by atoms with Crippen LogP contribution in [0.3, 0.4) is 0 Å². The summed E-state index contributed by atoms with van der Waals surface area (Å²) in [5.74, 6) is -0.0529. The molecule has 4 nitrogen and oxygen atoms in total. The Kier molecular flexibility index (Phi) is 3.07. The summed E-state index contributed by atoms with van der Waals surface area (Å²) in [6, 6.07) is 5.79. The number of aliphatic hydroxyl groups excluding tert-OH is 1. The lowest BCUT2D eigenvalue weighted by molar-refractivity contribution is 0.0899. The molecule has 1 unspecified atom stereocenters. The largest absolute Gasteiger partial charge is 0.396 e. The molecule has 3 N–H and O–H groups in total. The first-order valence-corrected chi connectivity index (χ1v) is 5.86. The van der Waals surface area contributed by atoms with Gasteiger partial charge in [-0.25, -0.2) is 0 Å². The summed E-state index contributed by atoms with van der Waals surface area (Å²) in [4.78, 5) is 12.0. The van der Waals surface area contributed by atoms with Crippen LogP contribution in [-0.4, -0.2) is 23.3 Å². The van der Waals surface area contributed by atoms with Crippen molar-refractivity contribution in [3.8, 4) is 0 Å². The molecule has 1 amide bonds. The smallest absolute Gasteiger partial charge is 0.255 e. The van der Waals surface area contributed by atoms with Crippen molar-refractivity contribution < 1.29 is 9.90 Å². The monoisotopic (exact) mass is 234 g/mol. The number of aliphatic hydroxyl groups is 1. The van der Waals surface area contributed by atoms with Crippen LogP contribution >= 0.6 is 0 Å². The van der Waals surface area contributed by atoms with Gasteiger partial charge in [0, 0.05) is 12.3 Å². The quantitative estimate of drug-likeness (QED) is 0.745. The van der Waals surface area contributed by atoms with E-state index in [0.29, 0.717) is 18.4 Å². The minimum absolute atomic E-state index is 0.0529. The molecule has 1 aliphatic heterocycles. The van der Waals surface area contributed by atoms with Gasteiger partial charge < -0.3 is 15.7 Å². The number of amides is 1. The van der Waals surface area contributed by atoms with Gasteiger partial charge in [-0.1, -0.05) is 11.6 Å². The summed E-state index contributed by atoms with van der Waals surface area (Å²) >= 11 is 0. The van der Waals surface area contributed by atoms with Crippen molar-refractivity contribution in [1.82, 2.24) is 5.32 Å². The van der Waals surface area contributed by atoms with Crippen LogP contribution in [0.15, 0.2) is 18.2 Å². The lowest BCUT2D eigenvalue weighted by atomic mass is 9.98. The van der Waals surface area contributed by atoms with E-state index in [-0.39, 0.29) is 12.5 Å². The van der Waals surface area contributed by atoms with Crippen molar-refractivity contribution in [3.05, 3.63) is 29.3 Å². The van der Waals surface area contributed by atoms with Crippen molar-refractivity contribution in [3.63, 3.8) is 0 Å². The van der Waals surface area contributed by atoms with Crippen LogP contribution in [0.5, 0.6) is 0 Å². The third kappa shape index (κ3) is 2.42. The Morgan fingerprint density at radius 3 is 2.82 bits per heavy atom. The van der Waals surface area contributed by atoms with Gasteiger partial charge in [-0.15, -0.1) is 0 Å². The fourth-order valence-electron chi connectivity index (χ4n) is 2.16. The Morgan fingerprint density at radius 1 is 1.35 bits per heavy atom. The lowest BCUT2D eigenvalue weighted by Crippen LogP contribution is -2.55. The molecule has 2 rings (SSSR count). The van der Waals surface area contributed by atoms with Crippen molar-refractivity contribution >= 4 is 11.6 Å². The van der Waals surface area contributed by atoms with Crippen LogP contribution in [0.2, 0.25) is 0 Å². The number of carbonyl (C=O) groups is 1. The maximum atomic E-state index is 12.0. The molecule has 0 spiro atoms. The van der Waals surface area contributed by atoms with Crippen molar-refractivity contribution in [2.75, 3.05) is 11.9 Å². The number of carbonyl (C=O) groups excluding carboxylic acids is 1. The lowest BCUT2D eigenvalue weighted by Gasteiger charge is -2.37. The molecular weight excluding hydrogens is 216 g/mol. The van der Waals surface area contributed by atoms with Gasteiger partial charge in [0.25, 0.3) is 5.91 Å². The molecule has 4 heteroatoms. The fraction of sp³-hybridized carbons (Fsp3) is 0.462. The summed E-state index contributed by atoms with van der Waals surface area (Å²) < 4.78 is 0. The zero-order valence-electron chi connectivity index (χ0n) is 10.2. The van der Waals surface area contributed by atoms with E-state index in [9.17, 15) is 4.79 Å². The average Bonchev–Trinajstić information content (AvgIpc) is 2.28. The van der Waals surface area contributed by atoms with Crippen LogP contribution in [0.25, 0.3) is 0 Å². The predicted octanol–water partition coefficient (Wildman–Crippen LogP) is 1.64. The van der Waals surface area contributed by atoms with Crippen LogP contribution in [0.1, 0.15) is 35.7 Å². The Bertz CT molecular complexity index is 445. The first-order valence-electron chi connectivity index (χ1n) is 5.86. The molecule has 0 aromatic heterocycles. The SMILES string of the molecule is Cc1ccc2c(c1)C(=O)NC(C)(CCCO)N2.